The molecule has 0 radical (unpaired) electrons. The van der Waals surface area contributed by atoms with Gasteiger partial charge in [-0.15, -0.1) is 5.10 Å². The van der Waals surface area contributed by atoms with Crippen molar-refractivity contribution in [2.45, 2.75) is 6.92 Å². The van der Waals surface area contributed by atoms with Gasteiger partial charge >= 0.3 is 5.97 Å². The monoisotopic (exact) mass is 289 g/mol. The molecule has 3 rings (SSSR count). The first-order valence-corrected chi connectivity index (χ1v) is 6.68. The fourth-order valence-electron chi connectivity index (χ4n) is 2.15. The van der Waals surface area contributed by atoms with Crippen LogP contribution < -0.4 is 9.47 Å². The molecule has 2 aromatic rings. The van der Waals surface area contributed by atoms with Crippen LogP contribution in [0.1, 0.15) is 17.5 Å². The van der Waals surface area contributed by atoms with Crippen LogP contribution in [-0.2, 0) is 11.8 Å². The summed E-state index contributed by atoms with van der Waals surface area (Å²) in [6, 6.07) is 5.54. The summed E-state index contributed by atoms with van der Waals surface area (Å²) in [5, 5.41) is 4.09. The summed E-state index contributed by atoms with van der Waals surface area (Å²) in [4.78, 5) is 16.0. The van der Waals surface area contributed by atoms with Gasteiger partial charge in [-0.2, -0.15) is 0 Å². The van der Waals surface area contributed by atoms with Gasteiger partial charge in [0.05, 0.1) is 12.2 Å². The average molecular weight is 289 g/mol. The molecule has 0 unspecified atom stereocenters. The normalized spacial score (nSPS) is 13.0. The Morgan fingerprint density at radius 2 is 2.19 bits per heavy atom. The van der Waals surface area contributed by atoms with E-state index in [1.54, 1.807) is 14.0 Å². The molecule has 7 heteroatoms. The SMILES string of the molecule is CCOC(=O)c1nc(-c2cccc3c2OCCO3)n(C)n1. The highest BCUT2D eigenvalue weighted by atomic mass is 16.6. The minimum atomic E-state index is -0.540. The van der Waals surface area contributed by atoms with Crippen LogP contribution in [0, 0.1) is 0 Å². The number of hydrogen-bond donors (Lipinski definition) is 0. The summed E-state index contributed by atoms with van der Waals surface area (Å²) in [5.41, 5.74) is 0.734. The van der Waals surface area contributed by atoms with Crippen molar-refractivity contribution in [1.82, 2.24) is 14.8 Å². The standard InChI is InChI=1S/C14H15N3O4/c1-3-19-14(18)12-15-13(17(2)16-12)9-5-4-6-10-11(9)21-8-7-20-10/h4-6H,3,7-8H2,1-2H3. The molecule has 1 aliphatic heterocycles. The van der Waals surface area contributed by atoms with Gasteiger partial charge in [0.1, 0.15) is 13.2 Å². The molecule has 110 valence electrons. The van der Waals surface area contributed by atoms with Gasteiger partial charge in [0.2, 0.25) is 0 Å². The van der Waals surface area contributed by atoms with Gasteiger partial charge in [-0.1, -0.05) is 6.07 Å². The van der Waals surface area contributed by atoms with Gasteiger partial charge in [-0.25, -0.2) is 14.5 Å². The third kappa shape index (κ3) is 2.42. The van der Waals surface area contributed by atoms with E-state index in [0.29, 0.717) is 30.5 Å². The molecule has 0 atom stereocenters. The number of hydrogen-bond acceptors (Lipinski definition) is 6. The maximum absolute atomic E-state index is 11.7. The average Bonchev–Trinajstić information content (AvgIpc) is 2.89. The number of esters is 1. The number of ether oxygens (including phenoxy) is 3. The van der Waals surface area contributed by atoms with Crippen molar-refractivity contribution in [3.8, 4) is 22.9 Å². The molecular weight excluding hydrogens is 274 g/mol. The lowest BCUT2D eigenvalue weighted by atomic mass is 10.1. The number of aryl methyl sites for hydroxylation is 1. The van der Waals surface area contributed by atoms with E-state index in [-0.39, 0.29) is 12.4 Å². The van der Waals surface area contributed by atoms with Crippen molar-refractivity contribution in [2.75, 3.05) is 19.8 Å². The van der Waals surface area contributed by atoms with E-state index in [9.17, 15) is 4.79 Å². The van der Waals surface area contributed by atoms with Crippen LogP contribution in [0.4, 0.5) is 0 Å². The summed E-state index contributed by atoms with van der Waals surface area (Å²) in [5.74, 6) is 1.31. The van der Waals surface area contributed by atoms with Crippen molar-refractivity contribution in [3.63, 3.8) is 0 Å². The highest BCUT2D eigenvalue weighted by molar-refractivity contribution is 5.86. The van der Waals surface area contributed by atoms with E-state index in [0.717, 1.165) is 5.56 Å². The van der Waals surface area contributed by atoms with Crippen LogP contribution in [0.25, 0.3) is 11.4 Å². The van der Waals surface area contributed by atoms with Gasteiger partial charge in [0, 0.05) is 7.05 Å². The molecule has 0 saturated carbocycles. The molecule has 0 amide bonds. The first kappa shape index (κ1) is 13.4. The lowest BCUT2D eigenvalue weighted by Gasteiger charge is -2.20. The molecule has 0 aliphatic carbocycles. The summed E-state index contributed by atoms with van der Waals surface area (Å²) in [7, 11) is 1.72. The van der Waals surface area contributed by atoms with Crippen LogP contribution in [0.5, 0.6) is 11.5 Å². The minimum absolute atomic E-state index is 0.0312. The first-order valence-electron chi connectivity index (χ1n) is 6.68. The topological polar surface area (TPSA) is 75.5 Å². The van der Waals surface area contributed by atoms with Gasteiger partial charge in [0.25, 0.3) is 5.82 Å². The number of rotatable bonds is 3. The molecule has 2 heterocycles. The van der Waals surface area contributed by atoms with Crippen molar-refractivity contribution >= 4 is 5.97 Å². The zero-order valence-electron chi connectivity index (χ0n) is 11.8. The van der Waals surface area contributed by atoms with Crippen LogP contribution in [0.2, 0.25) is 0 Å². The maximum Gasteiger partial charge on any atom is 0.378 e. The summed E-state index contributed by atoms with van der Waals surface area (Å²) in [6.45, 7) is 3.01. The lowest BCUT2D eigenvalue weighted by Crippen LogP contribution is -2.16. The molecular formula is C14H15N3O4. The van der Waals surface area contributed by atoms with Crippen LogP contribution in [-0.4, -0.2) is 40.6 Å². The fraction of sp³-hybridized carbons (Fsp3) is 0.357. The second-order valence-corrected chi connectivity index (χ2v) is 4.43. The fourth-order valence-corrected chi connectivity index (χ4v) is 2.15. The van der Waals surface area contributed by atoms with E-state index in [1.807, 2.05) is 18.2 Å². The summed E-state index contributed by atoms with van der Waals surface area (Å²) < 4.78 is 17.6. The van der Waals surface area contributed by atoms with Gasteiger partial charge < -0.3 is 14.2 Å². The van der Waals surface area contributed by atoms with Gasteiger partial charge in [0.15, 0.2) is 17.3 Å². The van der Waals surface area contributed by atoms with E-state index in [4.69, 9.17) is 14.2 Å². The molecule has 0 spiro atoms. The van der Waals surface area contributed by atoms with E-state index in [1.165, 1.54) is 4.68 Å². The van der Waals surface area contributed by atoms with Crippen LogP contribution in [0.3, 0.4) is 0 Å². The van der Waals surface area contributed by atoms with E-state index >= 15 is 0 Å². The number of nitrogens with zero attached hydrogens (tertiary/aromatic N) is 3. The zero-order valence-corrected chi connectivity index (χ0v) is 11.8. The van der Waals surface area contributed by atoms with Crippen molar-refractivity contribution < 1.29 is 19.0 Å². The number of aromatic nitrogens is 3. The van der Waals surface area contributed by atoms with Gasteiger partial charge in [-0.05, 0) is 19.1 Å². The molecule has 0 N–H and O–H groups in total. The number of carbonyl (C=O) groups is 1. The Morgan fingerprint density at radius 3 is 3.00 bits per heavy atom. The van der Waals surface area contributed by atoms with Crippen molar-refractivity contribution in [2.24, 2.45) is 7.05 Å². The predicted molar refractivity (Wildman–Crippen MR) is 73.4 cm³/mol. The molecule has 1 aromatic heterocycles. The third-order valence-corrected chi connectivity index (χ3v) is 3.03. The number of carbonyl (C=O) groups excluding carboxylic acids is 1. The van der Waals surface area contributed by atoms with Crippen LogP contribution in [0.15, 0.2) is 18.2 Å². The Labute approximate surface area is 121 Å². The lowest BCUT2D eigenvalue weighted by molar-refractivity contribution is 0.0512. The number of para-hydroxylation sites is 1. The summed E-state index contributed by atoms with van der Waals surface area (Å²) >= 11 is 0. The molecule has 1 aliphatic rings. The highest BCUT2D eigenvalue weighted by Gasteiger charge is 2.22. The van der Waals surface area contributed by atoms with Crippen LogP contribution >= 0.6 is 0 Å². The number of benzene rings is 1. The molecule has 0 saturated heterocycles. The highest BCUT2D eigenvalue weighted by Crippen LogP contribution is 2.38. The smallest absolute Gasteiger partial charge is 0.378 e. The zero-order chi connectivity index (χ0) is 14.8. The second kappa shape index (κ2) is 5.43. The molecule has 1 aromatic carbocycles. The Kier molecular flexibility index (Phi) is 3.47. The van der Waals surface area contributed by atoms with Crippen molar-refractivity contribution in [3.05, 3.63) is 24.0 Å². The molecule has 21 heavy (non-hydrogen) atoms. The maximum atomic E-state index is 11.7. The summed E-state index contributed by atoms with van der Waals surface area (Å²) in [6.07, 6.45) is 0. The largest absolute Gasteiger partial charge is 0.486 e. The Bertz CT molecular complexity index is 681. The molecule has 0 fully saturated rings. The Balaban J connectivity index is 2.03. The predicted octanol–water partition coefficient (Wildman–Crippen LogP) is 1.43. The molecule has 0 bridgehead atoms. The molecule has 7 nitrogen and oxygen atoms in total. The minimum Gasteiger partial charge on any atom is -0.486 e. The Hall–Kier alpha value is -2.57. The van der Waals surface area contributed by atoms with Crippen molar-refractivity contribution in [1.29, 1.82) is 0 Å². The third-order valence-electron chi connectivity index (χ3n) is 3.03. The quantitative estimate of drug-likeness (QED) is 0.796. The van der Waals surface area contributed by atoms with Gasteiger partial charge in [-0.3, -0.25) is 0 Å². The Morgan fingerprint density at radius 1 is 1.38 bits per heavy atom. The van der Waals surface area contributed by atoms with E-state index < -0.39 is 5.97 Å². The first-order chi connectivity index (χ1) is 10.2. The second-order valence-electron chi connectivity index (χ2n) is 4.43. The number of fused-ring (bicyclic) bond motifs is 1. The van der Waals surface area contributed by atoms with E-state index in [2.05, 4.69) is 10.1 Å².